The predicted molar refractivity (Wildman–Crippen MR) is 70.4 cm³/mol. The number of carbonyl (C=O) groups excluding carboxylic acids is 1. The Hall–Kier alpha value is -1.89. The summed E-state index contributed by atoms with van der Waals surface area (Å²) in [6, 6.07) is 1.63. The Morgan fingerprint density at radius 3 is 3.16 bits per heavy atom. The molecule has 0 bridgehead atoms. The zero-order valence-electron chi connectivity index (χ0n) is 10.3. The van der Waals surface area contributed by atoms with Crippen molar-refractivity contribution in [1.82, 2.24) is 20.1 Å². The zero-order chi connectivity index (χ0) is 13.2. The van der Waals surface area contributed by atoms with Gasteiger partial charge in [-0.25, -0.2) is 0 Å². The molecule has 0 aliphatic heterocycles. The Bertz CT molecular complexity index is 624. The van der Waals surface area contributed by atoms with Crippen LogP contribution in [0.2, 0.25) is 0 Å². The molecule has 2 aromatic rings. The van der Waals surface area contributed by atoms with Gasteiger partial charge in [0.05, 0.1) is 11.8 Å². The quantitative estimate of drug-likeness (QED) is 0.818. The number of rotatable bonds is 5. The molecule has 100 valence electrons. The van der Waals surface area contributed by atoms with Crippen LogP contribution in [-0.4, -0.2) is 27.2 Å². The minimum atomic E-state index is -0.142. The summed E-state index contributed by atoms with van der Waals surface area (Å²) in [6.07, 6.45) is 5.24. The molecular weight excluding hydrogens is 264 g/mol. The number of H-pyrrole nitrogens is 1. The summed E-state index contributed by atoms with van der Waals surface area (Å²) in [7, 11) is 0. The van der Waals surface area contributed by atoms with Crippen LogP contribution in [-0.2, 0) is 6.54 Å². The van der Waals surface area contributed by atoms with Crippen molar-refractivity contribution in [1.29, 1.82) is 0 Å². The molecule has 7 heteroatoms. The average molecular weight is 278 g/mol. The highest BCUT2D eigenvalue weighted by atomic mass is 32.1. The number of amides is 1. The van der Waals surface area contributed by atoms with Crippen molar-refractivity contribution in [3.63, 3.8) is 0 Å². The van der Waals surface area contributed by atoms with Gasteiger partial charge in [-0.2, -0.15) is 5.10 Å². The Labute approximate surface area is 114 Å². The van der Waals surface area contributed by atoms with E-state index >= 15 is 0 Å². The van der Waals surface area contributed by atoms with Gasteiger partial charge in [0.2, 0.25) is 0 Å². The van der Waals surface area contributed by atoms with Crippen LogP contribution in [0.25, 0.3) is 0 Å². The minimum Gasteiger partial charge on any atom is -0.472 e. The number of hydrogen-bond acceptors (Lipinski definition) is 4. The highest BCUT2D eigenvalue weighted by molar-refractivity contribution is 7.71. The van der Waals surface area contributed by atoms with Crippen LogP contribution in [0.1, 0.15) is 34.9 Å². The molecule has 0 radical (unpaired) electrons. The molecule has 6 nitrogen and oxygen atoms in total. The van der Waals surface area contributed by atoms with Gasteiger partial charge in [0.25, 0.3) is 5.91 Å². The molecule has 1 aliphatic carbocycles. The van der Waals surface area contributed by atoms with Gasteiger partial charge in [-0.1, -0.05) is 0 Å². The molecule has 1 aliphatic rings. The second-order valence-corrected chi connectivity index (χ2v) is 4.97. The van der Waals surface area contributed by atoms with Gasteiger partial charge >= 0.3 is 0 Å². The van der Waals surface area contributed by atoms with E-state index in [2.05, 4.69) is 15.5 Å². The van der Waals surface area contributed by atoms with Crippen LogP contribution in [0.5, 0.6) is 0 Å². The van der Waals surface area contributed by atoms with E-state index in [0.29, 0.717) is 29.3 Å². The maximum Gasteiger partial charge on any atom is 0.254 e. The summed E-state index contributed by atoms with van der Waals surface area (Å²) in [6.45, 7) is 1.14. The second-order valence-electron chi connectivity index (χ2n) is 4.58. The maximum atomic E-state index is 11.7. The fourth-order valence-corrected chi connectivity index (χ4v) is 2.21. The third kappa shape index (κ3) is 2.60. The molecule has 1 fully saturated rings. The molecule has 3 rings (SSSR count). The van der Waals surface area contributed by atoms with E-state index < -0.39 is 0 Å². The molecule has 19 heavy (non-hydrogen) atoms. The van der Waals surface area contributed by atoms with Crippen molar-refractivity contribution >= 4 is 18.1 Å². The fourth-order valence-electron chi connectivity index (χ4n) is 1.98. The lowest BCUT2D eigenvalue weighted by molar-refractivity contribution is 0.0951. The van der Waals surface area contributed by atoms with Crippen LogP contribution in [0.3, 0.4) is 0 Å². The lowest BCUT2D eigenvalue weighted by Gasteiger charge is -2.07. The van der Waals surface area contributed by atoms with Crippen molar-refractivity contribution in [3.8, 4) is 0 Å². The number of nitrogens with zero attached hydrogens (tertiary/aromatic N) is 2. The molecule has 0 atom stereocenters. The summed E-state index contributed by atoms with van der Waals surface area (Å²) in [4.78, 5) is 11.7. The number of aromatic nitrogens is 3. The lowest BCUT2D eigenvalue weighted by Crippen LogP contribution is -2.27. The van der Waals surface area contributed by atoms with E-state index in [-0.39, 0.29) is 5.91 Å². The molecule has 0 spiro atoms. The molecular formula is C12H14N4O2S. The smallest absolute Gasteiger partial charge is 0.254 e. The van der Waals surface area contributed by atoms with Gasteiger partial charge in [0.1, 0.15) is 12.1 Å². The summed E-state index contributed by atoms with van der Waals surface area (Å²) in [5.41, 5.74) is 0.526. The third-order valence-electron chi connectivity index (χ3n) is 3.13. The average Bonchev–Trinajstić information content (AvgIpc) is 2.97. The van der Waals surface area contributed by atoms with E-state index in [1.54, 1.807) is 6.07 Å². The first kappa shape index (κ1) is 12.2. The topological polar surface area (TPSA) is 75.8 Å². The summed E-state index contributed by atoms with van der Waals surface area (Å²) < 4.78 is 7.44. The Morgan fingerprint density at radius 2 is 2.47 bits per heavy atom. The number of furan rings is 1. The van der Waals surface area contributed by atoms with Gasteiger partial charge in [-0.15, -0.1) is 0 Å². The van der Waals surface area contributed by atoms with Crippen molar-refractivity contribution in [2.75, 3.05) is 6.54 Å². The third-order valence-corrected chi connectivity index (χ3v) is 3.45. The molecule has 0 unspecified atom stereocenters. The van der Waals surface area contributed by atoms with Crippen molar-refractivity contribution < 1.29 is 9.21 Å². The lowest BCUT2D eigenvalue weighted by atomic mass is 10.3. The van der Waals surface area contributed by atoms with Gasteiger partial charge in [-0.05, 0) is 31.1 Å². The molecule has 2 aromatic heterocycles. The maximum absolute atomic E-state index is 11.7. The predicted octanol–water partition coefficient (Wildman–Crippen LogP) is 1.84. The van der Waals surface area contributed by atoms with Crippen LogP contribution < -0.4 is 5.32 Å². The van der Waals surface area contributed by atoms with Crippen molar-refractivity contribution in [3.05, 3.63) is 34.8 Å². The highest BCUT2D eigenvalue weighted by Crippen LogP contribution is 2.38. The normalized spacial score (nSPS) is 14.5. The molecule has 2 N–H and O–H groups in total. The SMILES string of the molecule is O=C(NCCn1c(C2CC2)n[nH]c1=S)c1ccoc1. The number of nitrogens with one attached hydrogen (secondary N) is 2. The van der Waals surface area contributed by atoms with E-state index in [0.717, 1.165) is 5.82 Å². The van der Waals surface area contributed by atoms with E-state index in [1.807, 2.05) is 4.57 Å². The van der Waals surface area contributed by atoms with Gasteiger partial charge in [0, 0.05) is 19.0 Å². The van der Waals surface area contributed by atoms with Gasteiger partial charge < -0.3 is 14.3 Å². The summed E-state index contributed by atoms with van der Waals surface area (Å²) in [5.74, 6) is 1.39. The number of hydrogen-bond donors (Lipinski definition) is 2. The summed E-state index contributed by atoms with van der Waals surface area (Å²) >= 11 is 5.20. The number of aromatic amines is 1. The van der Waals surface area contributed by atoms with Crippen molar-refractivity contribution in [2.24, 2.45) is 0 Å². The van der Waals surface area contributed by atoms with E-state index in [1.165, 1.54) is 25.4 Å². The fraction of sp³-hybridized carbons (Fsp3) is 0.417. The summed E-state index contributed by atoms with van der Waals surface area (Å²) in [5, 5.41) is 9.89. The minimum absolute atomic E-state index is 0.142. The first-order valence-corrected chi connectivity index (χ1v) is 6.62. The number of carbonyl (C=O) groups is 1. The van der Waals surface area contributed by atoms with Gasteiger partial charge in [0.15, 0.2) is 4.77 Å². The molecule has 1 amide bonds. The van der Waals surface area contributed by atoms with Crippen LogP contribution in [0.4, 0.5) is 0 Å². The van der Waals surface area contributed by atoms with E-state index in [4.69, 9.17) is 16.6 Å². The first-order chi connectivity index (χ1) is 9.25. The standard InChI is InChI=1S/C12H14N4O2S/c17-11(9-3-6-18-7-9)13-4-5-16-10(8-1-2-8)14-15-12(16)19/h3,6-8H,1-2,4-5H2,(H,13,17)(H,15,19). The Balaban J connectivity index is 1.59. The monoisotopic (exact) mass is 278 g/mol. The van der Waals surface area contributed by atoms with Crippen molar-refractivity contribution in [2.45, 2.75) is 25.3 Å². The molecule has 0 aromatic carbocycles. The Kier molecular flexibility index (Phi) is 3.20. The van der Waals surface area contributed by atoms with Crippen LogP contribution in [0, 0.1) is 4.77 Å². The second kappa shape index (κ2) is 5.00. The molecule has 2 heterocycles. The largest absolute Gasteiger partial charge is 0.472 e. The van der Waals surface area contributed by atoms with Gasteiger partial charge in [-0.3, -0.25) is 9.89 Å². The molecule has 0 saturated heterocycles. The first-order valence-electron chi connectivity index (χ1n) is 6.21. The van der Waals surface area contributed by atoms with Crippen LogP contribution in [0.15, 0.2) is 23.0 Å². The van der Waals surface area contributed by atoms with Crippen LogP contribution >= 0.6 is 12.2 Å². The zero-order valence-corrected chi connectivity index (χ0v) is 11.1. The highest BCUT2D eigenvalue weighted by Gasteiger charge is 2.28. The molecule has 1 saturated carbocycles. The Morgan fingerprint density at radius 1 is 1.63 bits per heavy atom. The van der Waals surface area contributed by atoms with E-state index in [9.17, 15) is 4.79 Å².